The minimum Gasteiger partial charge on any atom is -0.377 e. The molecule has 3 atom stereocenters. The molecule has 0 amide bonds. The van der Waals surface area contributed by atoms with Crippen LogP contribution in [0.5, 0.6) is 0 Å². The molecule has 3 heteroatoms. The van der Waals surface area contributed by atoms with Crippen LogP contribution in [0.25, 0.3) is 0 Å². The predicted molar refractivity (Wildman–Crippen MR) is 90.6 cm³/mol. The average Bonchev–Trinajstić information content (AvgIpc) is 2.57. The minimum atomic E-state index is -0.730. The monoisotopic (exact) mass is 304 g/mol. The van der Waals surface area contributed by atoms with Gasteiger partial charge in [0.05, 0.1) is 6.54 Å². The summed E-state index contributed by atoms with van der Waals surface area (Å²) in [7, 11) is 0. The standard InChI is InChI=1S/C19H32N2O/c1-2-21-16-12-19(22,17-9-4-5-10-18(17)21)11-8-15-20-13-6-3-7-14-20/h17-18,22H,2-7,9-10,12-16H2,1H3/t17-,18-,19+/m0/s1. The number of piperidine rings is 2. The summed E-state index contributed by atoms with van der Waals surface area (Å²) in [4.78, 5) is 5.02. The van der Waals surface area contributed by atoms with E-state index in [0.717, 1.165) is 32.5 Å². The molecule has 0 aromatic carbocycles. The summed E-state index contributed by atoms with van der Waals surface area (Å²) in [6.45, 7) is 7.58. The Labute approximate surface area is 136 Å². The first-order valence-electron chi connectivity index (χ1n) is 9.42. The van der Waals surface area contributed by atoms with Crippen molar-refractivity contribution in [1.82, 2.24) is 9.80 Å². The van der Waals surface area contributed by atoms with E-state index in [-0.39, 0.29) is 0 Å². The zero-order valence-corrected chi connectivity index (χ0v) is 14.2. The number of rotatable bonds is 2. The van der Waals surface area contributed by atoms with Gasteiger partial charge >= 0.3 is 0 Å². The SMILES string of the molecule is CCN1CC[C@](O)(C#CCN2CCCCC2)[C@H]2CCCC[C@@H]21. The average molecular weight is 304 g/mol. The third kappa shape index (κ3) is 3.50. The van der Waals surface area contributed by atoms with E-state index in [1.807, 2.05) is 0 Å². The highest BCUT2D eigenvalue weighted by Gasteiger charge is 2.46. The third-order valence-corrected chi connectivity index (χ3v) is 6.05. The van der Waals surface area contributed by atoms with Crippen molar-refractivity contribution in [3.63, 3.8) is 0 Å². The van der Waals surface area contributed by atoms with Crippen molar-refractivity contribution in [3.8, 4) is 11.8 Å². The van der Waals surface area contributed by atoms with Gasteiger partial charge in [0.25, 0.3) is 0 Å². The zero-order valence-electron chi connectivity index (χ0n) is 14.2. The molecule has 0 bridgehead atoms. The fourth-order valence-corrected chi connectivity index (χ4v) is 4.74. The summed E-state index contributed by atoms with van der Waals surface area (Å²) in [5, 5.41) is 11.2. The predicted octanol–water partition coefficient (Wildman–Crippen LogP) is 2.49. The van der Waals surface area contributed by atoms with Crippen molar-refractivity contribution in [3.05, 3.63) is 0 Å². The molecule has 0 radical (unpaired) electrons. The molecular formula is C19H32N2O. The Morgan fingerprint density at radius 3 is 2.59 bits per heavy atom. The van der Waals surface area contributed by atoms with Gasteiger partial charge in [-0.25, -0.2) is 0 Å². The maximum atomic E-state index is 11.2. The van der Waals surface area contributed by atoms with Crippen LogP contribution in [0.2, 0.25) is 0 Å². The van der Waals surface area contributed by atoms with Gasteiger partial charge in [0.2, 0.25) is 0 Å². The normalized spacial score (nSPS) is 37.2. The number of hydrogen-bond donors (Lipinski definition) is 1. The molecule has 2 saturated heterocycles. The summed E-state index contributed by atoms with van der Waals surface area (Å²) in [5.74, 6) is 7.03. The van der Waals surface area contributed by atoms with Crippen LogP contribution in [0.3, 0.4) is 0 Å². The van der Waals surface area contributed by atoms with Gasteiger partial charge in [-0.15, -0.1) is 0 Å². The van der Waals surface area contributed by atoms with Crippen LogP contribution >= 0.6 is 0 Å². The van der Waals surface area contributed by atoms with E-state index >= 15 is 0 Å². The highest BCUT2D eigenvalue weighted by molar-refractivity contribution is 5.20. The first kappa shape index (κ1) is 16.3. The molecule has 3 rings (SSSR count). The van der Waals surface area contributed by atoms with Crippen molar-refractivity contribution in [2.24, 2.45) is 5.92 Å². The van der Waals surface area contributed by atoms with E-state index in [9.17, 15) is 5.11 Å². The van der Waals surface area contributed by atoms with Crippen LogP contribution in [0.4, 0.5) is 0 Å². The first-order chi connectivity index (χ1) is 10.7. The molecule has 1 aliphatic carbocycles. The molecule has 124 valence electrons. The number of hydrogen-bond acceptors (Lipinski definition) is 3. The second kappa shape index (κ2) is 7.34. The fourth-order valence-electron chi connectivity index (χ4n) is 4.74. The molecule has 3 fully saturated rings. The Morgan fingerprint density at radius 1 is 1.05 bits per heavy atom. The Balaban J connectivity index is 1.65. The number of aliphatic hydroxyl groups is 1. The molecule has 0 aromatic rings. The minimum absolute atomic E-state index is 0.365. The summed E-state index contributed by atoms with van der Waals surface area (Å²) in [6.07, 6.45) is 9.78. The van der Waals surface area contributed by atoms with Crippen LogP contribution < -0.4 is 0 Å². The van der Waals surface area contributed by atoms with Gasteiger partial charge in [0, 0.05) is 24.9 Å². The Bertz CT molecular complexity index is 421. The first-order valence-corrected chi connectivity index (χ1v) is 9.42. The van der Waals surface area contributed by atoms with Gasteiger partial charge in [-0.1, -0.05) is 38.0 Å². The largest absolute Gasteiger partial charge is 0.377 e. The van der Waals surface area contributed by atoms with Crippen molar-refractivity contribution >= 4 is 0 Å². The quantitative estimate of drug-likeness (QED) is 0.794. The number of nitrogens with zero attached hydrogens (tertiary/aromatic N) is 2. The van der Waals surface area contributed by atoms with Crippen molar-refractivity contribution in [2.75, 3.05) is 32.7 Å². The van der Waals surface area contributed by atoms with Crippen LogP contribution in [0.15, 0.2) is 0 Å². The van der Waals surface area contributed by atoms with Crippen LogP contribution in [-0.4, -0.2) is 59.3 Å². The van der Waals surface area contributed by atoms with Gasteiger partial charge in [0.1, 0.15) is 5.60 Å². The topological polar surface area (TPSA) is 26.7 Å². The molecular weight excluding hydrogens is 272 g/mol. The van der Waals surface area contributed by atoms with E-state index in [2.05, 4.69) is 28.6 Å². The van der Waals surface area contributed by atoms with Crippen LogP contribution in [0, 0.1) is 17.8 Å². The molecule has 1 N–H and O–H groups in total. The summed E-state index contributed by atoms with van der Waals surface area (Å²) >= 11 is 0. The van der Waals surface area contributed by atoms with E-state index < -0.39 is 5.60 Å². The molecule has 0 unspecified atom stereocenters. The van der Waals surface area contributed by atoms with Crippen molar-refractivity contribution < 1.29 is 5.11 Å². The second-order valence-corrected chi connectivity index (χ2v) is 7.40. The van der Waals surface area contributed by atoms with Gasteiger partial charge < -0.3 is 10.0 Å². The highest BCUT2D eigenvalue weighted by Crippen LogP contribution is 2.41. The highest BCUT2D eigenvalue weighted by atomic mass is 16.3. The van der Waals surface area contributed by atoms with Gasteiger partial charge in [-0.05, 0) is 45.3 Å². The van der Waals surface area contributed by atoms with Crippen molar-refractivity contribution in [2.45, 2.75) is 69.9 Å². The number of fused-ring (bicyclic) bond motifs is 1. The van der Waals surface area contributed by atoms with E-state index in [1.54, 1.807) is 0 Å². The van der Waals surface area contributed by atoms with Gasteiger partial charge in [-0.3, -0.25) is 4.90 Å². The second-order valence-electron chi connectivity index (χ2n) is 7.40. The fraction of sp³-hybridized carbons (Fsp3) is 0.895. The lowest BCUT2D eigenvalue weighted by Crippen LogP contribution is -2.58. The summed E-state index contributed by atoms with van der Waals surface area (Å²) in [5.41, 5.74) is -0.730. The number of likely N-dealkylation sites (tertiary alicyclic amines) is 2. The third-order valence-electron chi connectivity index (χ3n) is 6.05. The maximum Gasteiger partial charge on any atom is 0.131 e. The molecule has 2 heterocycles. The molecule has 1 saturated carbocycles. The molecule has 0 aromatic heterocycles. The lowest BCUT2D eigenvalue weighted by Gasteiger charge is -2.50. The lowest BCUT2D eigenvalue weighted by molar-refractivity contribution is -0.0766. The van der Waals surface area contributed by atoms with Crippen molar-refractivity contribution in [1.29, 1.82) is 0 Å². The van der Waals surface area contributed by atoms with E-state index in [0.29, 0.717) is 12.0 Å². The summed E-state index contributed by atoms with van der Waals surface area (Å²) in [6, 6.07) is 0.557. The summed E-state index contributed by atoms with van der Waals surface area (Å²) < 4.78 is 0. The Hall–Kier alpha value is -0.560. The molecule has 22 heavy (non-hydrogen) atoms. The smallest absolute Gasteiger partial charge is 0.131 e. The molecule has 3 nitrogen and oxygen atoms in total. The Kier molecular flexibility index (Phi) is 5.44. The van der Waals surface area contributed by atoms with Crippen LogP contribution in [0.1, 0.15) is 58.3 Å². The van der Waals surface area contributed by atoms with Gasteiger partial charge in [0.15, 0.2) is 0 Å². The lowest BCUT2D eigenvalue weighted by atomic mass is 9.69. The van der Waals surface area contributed by atoms with E-state index in [1.165, 1.54) is 51.6 Å². The molecule has 3 aliphatic rings. The molecule has 2 aliphatic heterocycles. The maximum absolute atomic E-state index is 11.2. The Morgan fingerprint density at radius 2 is 1.82 bits per heavy atom. The van der Waals surface area contributed by atoms with E-state index in [4.69, 9.17) is 0 Å². The van der Waals surface area contributed by atoms with Gasteiger partial charge in [-0.2, -0.15) is 0 Å². The molecule has 0 spiro atoms. The zero-order chi connectivity index (χ0) is 15.4. The van der Waals surface area contributed by atoms with Crippen LogP contribution in [-0.2, 0) is 0 Å².